The summed E-state index contributed by atoms with van der Waals surface area (Å²) in [7, 11) is 0. The number of hydrogen-bond donors (Lipinski definition) is 1. The molecule has 0 radical (unpaired) electrons. The van der Waals surface area contributed by atoms with E-state index in [-0.39, 0.29) is 5.91 Å². The van der Waals surface area contributed by atoms with Crippen molar-refractivity contribution in [1.29, 1.82) is 0 Å². The average molecular weight is 447 g/mol. The predicted molar refractivity (Wildman–Crippen MR) is 105 cm³/mol. The Kier molecular flexibility index (Phi) is 5.80. The minimum Gasteiger partial charge on any atom is -0.339 e. The topological polar surface area (TPSA) is 68.0 Å². The Morgan fingerprint density at radius 3 is 2.68 bits per heavy atom. The minimum absolute atomic E-state index is 0.0603. The maximum absolute atomic E-state index is 12.2. The molecule has 0 aliphatic carbocycles. The summed E-state index contributed by atoms with van der Waals surface area (Å²) in [5.41, 5.74) is 2.88. The van der Waals surface area contributed by atoms with E-state index in [1.165, 1.54) is 0 Å². The van der Waals surface area contributed by atoms with Crippen LogP contribution in [0.2, 0.25) is 0 Å². The molecule has 0 fully saturated rings. The highest BCUT2D eigenvalue weighted by Crippen LogP contribution is 2.18. The van der Waals surface area contributed by atoms with Crippen molar-refractivity contribution in [1.82, 2.24) is 10.1 Å². The lowest BCUT2D eigenvalue weighted by atomic mass is 10.1. The number of anilines is 1. The van der Waals surface area contributed by atoms with E-state index in [4.69, 9.17) is 4.52 Å². The number of para-hydroxylation sites is 1. The van der Waals surface area contributed by atoms with Gasteiger partial charge in [-0.05, 0) is 52.8 Å². The van der Waals surface area contributed by atoms with E-state index >= 15 is 0 Å². The van der Waals surface area contributed by atoms with Crippen LogP contribution in [0.5, 0.6) is 0 Å². The molecule has 0 spiro atoms. The first-order valence-corrected chi connectivity index (χ1v) is 9.20. The maximum Gasteiger partial charge on any atom is 0.227 e. The number of aromatic nitrogens is 2. The number of carbonyl (C=O) groups is 1. The molecule has 0 aliphatic rings. The fourth-order valence-corrected chi connectivity index (χ4v) is 2.82. The summed E-state index contributed by atoms with van der Waals surface area (Å²) in [6, 6.07) is 15.7. The van der Waals surface area contributed by atoms with E-state index < -0.39 is 0 Å². The predicted octanol–water partition coefficient (Wildman–Crippen LogP) is 4.47. The summed E-state index contributed by atoms with van der Waals surface area (Å²) in [5.74, 6) is 0.950. The van der Waals surface area contributed by atoms with Crippen LogP contribution in [-0.4, -0.2) is 16.0 Å². The van der Waals surface area contributed by atoms with Gasteiger partial charge in [-0.1, -0.05) is 42.4 Å². The van der Waals surface area contributed by atoms with Gasteiger partial charge in [0, 0.05) is 27.7 Å². The largest absolute Gasteiger partial charge is 0.339 e. The van der Waals surface area contributed by atoms with Gasteiger partial charge in [0.05, 0.1) is 0 Å². The molecule has 5 nitrogen and oxygen atoms in total. The highest BCUT2D eigenvalue weighted by molar-refractivity contribution is 14.1. The van der Waals surface area contributed by atoms with E-state index in [1.54, 1.807) is 0 Å². The van der Waals surface area contributed by atoms with Crippen molar-refractivity contribution in [3.63, 3.8) is 0 Å². The van der Waals surface area contributed by atoms with Gasteiger partial charge in [-0.2, -0.15) is 4.98 Å². The van der Waals surface area contributed by atoms with Gasteiger partial charge in [-0.15, -0.1) is 0 Å². The average Bonchev–Trinajstić information content (AvgIpc) is 3.10. The molecule has 6 heteroatoms. The molecule has 3 aromatic rings. The first-order chi connectivity index (χ1) is 12.2. The van der Waals surface area contributed by atoms with Crippen LogP contribution >= 0.6 is 22.6 Å². The highest BCUT2D eigenvalue weighted by Gasteiger charge is 2.11. The number of amides is 1. The Hall–Kier alpha value is -2.22. The van der Waals surface area contributed by atoms with Gasteiger partial charge in [0.25, 0.3) is 0 Å². The molecular weight excluding hydrogens is 429 g/mol. The van der Waals surface area contributed by atoms with Crippen LogP contribution in [0.15, 0.2) is 53.1 Å². The van der Waals surface area contributed by atoms with Crippen molar-refractivity contribution in [2.45, 2.75) is 26.2 Å². The summed E-state index contributed by atoms with van der Waals surface area (Å²) < 4.78 is 6.40. The van der Waals surface area contributed by atoms with Gasteiger partial charge in [0.1, 0.15) is 0 Å². The summed E-state index contributed by atoms with van der Waals surface area (Å²) >= 11 is 2.25. The molecule has 0 saturated heterocycles. The number of halogens is 1. The van der Waals surface area contributed by atoms with E-state index in [1.807, 2.05) is 48.5 Å². The summed E-state index contributed by atoms with van der Waals surface area (Å²) in [6.45, 7) is 2.07. The Bertz CT molecular complexity index is 859. The first-order valence-electron chi connectivity index (χ1n) is 8.12. The minimum atomic E-state index is -0.0603. The first kappa shape index (κ1) is 17.6. The van der Waals surface area contributed by atoms with Crippen LogP contribution in [0.1, 0.15) is 24.8 Å². The number of carbonyl (C=O) groups excluding carboxylic acids is 1. The lowest BCUT2D eigenvalue weighted by Crippen LogP contribution is -2.13. The zero-order valence-electron chi connectivity index (χ0n) is 13.8. The van der Waals surface area contributed by atoms with Gasteiger partial charge in [0.2, 0.25) is 17.6 Å². The standard InChI is InChI=1S/C19H18IN3O2/c1-2-13-5-3-4-6-16(13)21-17(24)11-12-18-22-19(23-25-18)14-7-9-15(20)10-8-14/h3-10H,2,11-12H2,1H3,(H,21,24). The van der Waals surface area contributed by atoms with Crippen LogP contribution in [0.25, 0.3) is 11.4 Å². The van der Waals surface area contributed by atoms with Crippen LogP contribution in [0.4, 0.5) is 5.69 Å². The molecule has 3 rings (SSSR count). The summed E-state index contributed by atoms with van der Waals surface area (Å²) in [4.78, 5) is 16.5. The summed E-state index contributed by atoms with van der Waals surface area (Å²) in [6.07, 6.45) is 1.59. The van der Waals surface area contributed by atoms with Gasteiger partial charge < -0.3 is 9.84 Å². The van der Waals surface area contributed by atoms with Crippen molar-refractivity contribution >= 4 is 34.2 Å². The molecule has 0 saturated carbocycles. The number of aryl methyl sites for hydroxylation is 2. The fourth-order valence-electron chi connectivity index (χ4n) is 2.46. The van der Waals surface area contributed by atoms with Crippen LogP contribution in [0.3, 0.4) is 0 Å². The zero-order chi connectivity index (χ0) is 17.6. The smallest absolute Gasteiger partial charge is 0.227 e. The second kappa shape index (κ2) is 8.24. The number of nitrogens with one attached hydrogen (secondary N) is 1. The monoisotopic (exact) mass is 447 g/mol. The van der Waals surface area contributed by atoms with Crippen molar-refractivity contribution in [3.05, 3.63) is 63.6 Å². The quantitative estimate of drug-likeness (QED) is 0.567. The highest BCUT2D eigenvalue weighted by atomic mass is 127. The lowest BCUT2D eigenvalue weighted by Gasteiger charge is -2.08. The van der Waals surface area contributed by atoms with E-state index in [2.05, 4.69) is 45.0 Å². The van der Waals surface area contributed by atoms with Crippen LogP contribution in [0, 0.1) is 3.57 Å². The molecule has 0 unspecified atom stereocenters. The number of hydrogen-bond acceptors (Lipinski definition) is 4. The number of benzene rings is 2. The maximum atomic E-state index is 12.2. The zero-order valence-corrected chi connectivity index (χ0v) is 16.0. The Morgan fingerprint density at radius 2 is 1.92 bits per heavy atom. The second-order valence-electron chi connectivity index (χ2n) is 5.58. The van der Waals surface area contributed by atoms with E-state index in [0.29, 0.717) is 24.6 Å². The lowest BCUT2D eigenvalue weighted by molar-refractivity contribution is -0.116. The van der Waals surface area contributed by atoms with E-state index in [9.17, 15) is 4.79 Å². The van der Waals surface area contributed by atoms with Gasteiger partial charge >= 0.3 is 0 Å². The molecular formula is C19H18IN3O2. The van der Waals surface area contributed by atoms with Crippen molar-refractivity contribution < 1.29 is 9.32 Å². The molecule has 1 N–H and O–H groups in total. The Morgan fingerprint density at radius 1 is 1.16 bits per heavy atom. The van der Waals surface area contributed by atoms with Gasteiger partial charge in [0.15, 0.2) is 0 Å². The van der Waals surface area contributed by atoms with Gasteiger partial charge in [-0.3, -0.25) is 4.79 Å². The molecule has 0 aliphatic heterocycles. The fraction of sp³-hybridized carbons (Fsp3) is 0.211. The molecule has 25 heavy (non-hydrogen) atoms. The summed E-state index contributed by atoms with van der Waals surface area (Å²) in [5, 5.41) is 6.93. The SMILES string of the molecule is CCc1ccccc1NC(=O)CCc1nc(-c2ccc(I)cc2)no1. The number of nitrogens with zero attached hydrogens (tertiary/aromatic N) is 2. The molecule has 1 heterocycles. The van der Waals surface area contributed by atoms with Crippen molar-refractivity contribution in [2.24, 2.45) is 0 Å². The molecule has 2 aromatic carbocycles. The van der Waals surface area contributed by atoms with Crippen LogP contribution < -0.4 is 5.32 Å². The molecule has 0 atom stereocenters. The Balaban J connectivity index is 1.58. The normalized spacial score (nSPS) is 10.6. The van der Waals surface area contributed by atoms with Crippen molar-refractivity contribution in [2.75, 3.05) is 5.32 Å². The number of rotatable bonds is 6. The molecule has 0 bridgehead atoms. The van der Waals surface area contributed by atoms with E-state index in [0.717, 1.165) is 26.8 Å². The molecule has 128 valence electrons. The van der Waals surface area contributed by atoms with Gasteiger partial charge in [-0.25, -0.2) is 0 Å². The van der Waals surface area contributed by atoms with Crippen LogP contribution in [-0.2, 0) is 17.6 Å². The Labute approximate surface area is 160 Å². The third kappa shape index (κ3) is 4.66. The molecule has 1 amide bonds. The molecule has 1 aromatic heterocycles. The third-order valence-corrected chi connectivity index (χ3v) is 4.53. The second-order valence-corrected chi connectivity index (χ2v) is 6.82. The third-order valence-electron chi connectivity index (χ3n) is 3.81. The van der Waals surface area contributed by atoms with Crippen molar-refractivity contribution in [3.8, 4) is 11.4 Å².